The molecule has 0 aliphatic carbocycles. The molecule has 3 aliphatic rings. The summed E-state index contributed by atoms with van der Waals surface area (Å²) < 4.78 is 17.8. The largest absolute Gasteiger partial charge is 0.478 e. The third-order valence-corrected chi connectivity index (χ3v) is 6.11. The molecule has 5 rings (SSSR count). The standard InChI is InChI=1S/C21H21NO4S/c1-13-8-17-16(11-22(12-25-17)10-14-4-2-6-24-14)21-19(13)20(23)18(26-21)9-15-5-3-7-27-15/h3,5,7-9,14H,2,4,6,10-12H2,1H3/b18-9-. The van der Waals surface area contributed by atoms with Crippen LogP contribution in [0.4, 0.5) is 0 Å². The molecule has 5 nitrogen and oxygen atoms in total. The van der Waals surface area contributed by atoms with Crippen molar-refractivity contribution in [3.05, 3.63) is 50.9 Å². The smallest absolute Gasteiger partial charge is 0.232 e. The molecular weight excluding hydrogens is 362 g/mol. The summed E-state index contributed by atoms with van der Waals surface area (Å²) in [7, 11) is 0. The second-order valence-electron chi connectivity index (χ2n) is 7.25. The number of carbonyl (C=O) groups is 1. The van der Waals surface area contributed by atoms with Crippen molar-refractivity contribution in [1.29, 1.82) is 0 Å². The number of hydrogen-bond acceptors (Lipinski definition) is 6. The van der Waals surface area contributed by atoms with E-state index in [4.69, 9.17) is 14.2 Å². The van der Waals surface area contributed by atoms with Gasteiger partial charge in [0.25, 0.3) is 0 Å². The summed E-state index contributed by atoms with van der Waals surface area (Å²) in [5, 5.41) is 1.99. The van der Waals surface area contributed by atoms with E-state index >= 15 is 0 Å². The number of ketones is 1. The topological polar surface area (TPSA) is 48.0 Å². The van der Waals surface area contributed by atoms with Crippen molar-refractivity contribution in [2.45, 2.75) is 32.4 Å². The zero-order chi connectivity index (χ0) is 18.4. The maximum absolute atomic E-state index is 12.9. The first-order valence-electron chi connectivity index (χ1n) is 9.30. The predicted octanol–water partition coefficient (Wildman–Crippen LogP) is 4.00. The molecule has 1 aromatic heterocycles. The molecule has 2 aromatic rings. The van der Waals surface area contributed by atoms with Gasteiger partial charge in [0.15, 0.2) is 5.76 Å². The fourth-order valence-corrected chi connectivity index (χ4v) is 4.62. The van der Waals surface area contributed by atoms with E-state index in [1.54, 1.807) is 11.3 Å². The van der Waals surface area contributed by atoms with E-state index in [2.05, 4.69) is 4.90 Å². The van der Waals surface area contributed by atoms with Gasteiger partial charge in [-0.2, -0.15) is 0 Å². The normalized spacial score (nSPS) is 23.2. The van der Waals surface area contributed by atoms with Gasteiger partial charge in [0, 0.05) is 30.6 Å². The quantitative estimate of drug-likeness (QED) is 0.750. The van der Waals surface area contributed by atoms with Gasteiger partial charge in [-0.05, 0) is 42.8 Å². The minimum atomic E-state index is -0.0463. The lowest BCUT2D eigenvalue weighted by molar-refractivity contribution is 0.0273. The van der Waals surface area contributed by atoms with Gasteiger partial charge in [-0.3, -0.25) is 9.69 Å². The number of hydrogen-bond donors (Lipinski definition) is 0. The van der Waals surface area contributed by atoms with E-state index in [1.165, 1.54) is 0 Å². The van der Waals surface area contributed by atoms with Gasteiger partial charge >= 0.3 is 0 Å². The maximum atomic E-state index is 12.9. The Morgan fingerprint density at radius 1 is 1.41 bits per heavy atom. The summed E-state index contributed by atoms with van der Waals surface area (Å²) in [4.78, 5) is 16.2. The third-order valence-electron chi connectivity index (χ3n) is 5.29. The average molecular weight is 383 g/mol. The first-order chi connectivity index (χ1) is 13.2. The highest BCUT2D eigenvalue weighted by atomic mass is 32.1. The van der Waals surface area contributed by atoms with E-state index in [9.17, 15) is 4.79 Å². The molecule has 0 amide bonds. The first-order valence-corrected chi connectivity index (χ1v) is 10.2. The molecule has 27 heavy (non-hydrogen) atoms. The van der Waals surface area contributed by atoms with Gasteiger partial charge in [-0.1, -0.05) is 6.07 Å². The van der Waals surface area contributed by atoms with Gasteiger partial charge in [0.2, 0.25) is 5.78 Å². The Balaban J connectivity index is 1.46. The average Bonchev–Trinajstić information content (AvgIpc) is 3.40. The Labute approximate surface area is 162 Å². The van der Waals surface area contributed by atoms with Gasteiger partial charge in [0.05, 0.1) is 17.2 Å². The third kappa shape index (κ3) is 3.08. The van der Waals surface area contributed by atoms with Gasteiger partial charge in [-0.15, -0.1) is 11.3 Å². The number of carbonyl (C=O) groups excluding carboxylic acids is 1. The number of nitrogens with zero attached hydrogens (tertiary/aromatic N) is 1. The Bertz CT molecular complexity index is 913. The van der Waals surface area contributed by atoms with Crippen molar-refractivity contribution in [3.63, 3.8) is 0 Å². The lowest BCUT2D eigenvalue weighted by atomic mass is 9.98. The Kier molecular flexibility index (Phi) is 4.27. The summed E-state index contributed by atoms with van der Waals surface area (Å²) in [5.41, 5.74) is 2.53. The van der Waals surface area contributed by atoms with E-state index in [1.807, 2.05) is 36.6 Å². The molecule has 1 atom stereocenters. The van der Waals surface area contributed by atoms with Crippen LogP contribution in [0.5, 0.6) is 11.5 Å². The van der Waals surface area contributed by atoms with E-state index in [0.29, 0.717) is 30.3 Å². The molecule has 0 bridgehead atoms. The minimum absolute atomic E-state index is 0.0463. The van der Waals surface area contributed by atoms with Crippen molar-refractivity contribution in [1.82, 2.24) is 4.90 Å². The molecule has 1 saturated heterocycles. The zero-order valence-electron chi connectivity index (χ0n) is 15.2. The highest BCUT2D eigenvalue weighted by Crippen LogP contribution is 2.44. The molecule has 0 radical (unpaired) electrons. The maximum Gasteiger partial charge on any atom is 0.232 e. The van der Waals surface area contributed by atoms with Crippen molar-refractivity contribution in [2.24, 2.45) is 0 Å². The van der Waals surface area contributed by atoms with Crippen molar-refractivity contribution in [2.75, 3.05) is 19.9 Å². The molecule has 0 N–H and O–H groups in total. The predicted molar refractivity (Wildman–Crippen MR) is 103 cm³/mol. The number of rotatable bonds is 3. The molecule has 1 unspecified atom stereocenters. The minimum Gasteiger partial charge on any atom is -0.478 e. The highest BCUT2D eigenvalue weighted by molar-refractivity contribution is 7.10. The Morgan fingerprint density at radius 3 is 3.11 bits per heavy atom. The summed E-state index contributed by atoms with van der Waals surface area (Å²) in [6, 6.07) is 5.91. The molecule has 4 heterocycles. The second-order valence-corrected chi connectivity index (χ2v) is 8.23. The summed E-state index contributed by atoms with van der Waals surface area (Å²) in [6.45, 7) is 4.87. The Morgan fingerprint density at radius 2 is 2.33 bits per heavy atom. The van der Waals surface area contributed by atoms with Crippen LogP contribution < -0.4 is 9.47 Å². The molecule has 0 saturated carbocycles. The van der Waals surface area contributed by atoms with E-state index < -0.39 is 0 Å². The lowest BCUT2D eigenvalue weighted by Gasteiger charge is -2.31. The first kappa shape index (κ1) is 17.0. The molecule has 6 heteroatoms. The number of ether oxygens (including phenoxy) is 3. The van der Waals surface area contributed by atoms with Crippen LogP contribution in [0.1, 0.15) is 39.2 Å². The van der Waals surface area contributed by atoms with Crippen molar-refractivity contribution in [3.8, 4) is 11.5 Å². The summed E-state index contributed by atoms with van der Waals surface area (Å²) in [6.07, 6.45) is 4.31. The van der Waals surface area contributed by atoms with E-state index in [0.717, 1.165) is 47.7 Å². The van der Waals surface area contributed by atoms with Crippen molar-refractivity contribution < 1.29 is 19.0 Å². The van der Waals surface area contributed by atoms with Crippen LogP contribution in [-0.4, -0.2) is 36.7 Å². The van der Waals surface area contributed by atoms with Crippen LogP contribution in [0.25, 0.3) is 6.08 Å². The number of benzene rings is 1. The van der Waals surface area contributed by atoms with Gasteiger partial charge < -0.3 is 14.2 Å². The molecular formula is C21H21NO4S. The van der Waals surface area contributed by atoms with Crippen LogP contribution in [0.2, 0.25) is 0 Å². The fraction of sp³-hybridized carbons (Fsp3) is 0.381. The highest BCUT2D eigenvalue weighted by Gasteiger charge is 2.36. The van der Waals surface area contributed by atoms with E-state index in [-0.39, 0.29) is 11.9 Å². The lowest BCUT2D eigenvalue weighted by Crippen LogP contribution is -2.37. The number of allylic oxidation sites excluding steroid dienone is 1. The number of aryl methyl sites for hydroxylation is 1. The zero-order valence-corrected chi connectivity index (χ0v) is 16.0. The molecule has 3 aliphatic heterocycles. The molecule has 140 valence electrons. The second kappa shape index (κ2) is 6.78. The number of thiophene rings is 1. The van der Waals surface area contributed by atoms with Crippen LogP contribution in [0.3, 0.4) is 0 Å². The Hall–Kier alpha value is -2.15. The van der Waals surface area contributed by atoms with Crippen LogP contribution in [0.15, 0.2) is 29.3 Å². The number of fused-ring (bicyclic) bond motifs is 3. The fourth-order valence-electron chi connectivity index (χ4n) is 3.97. The number of Topliss-reactive ketones (excluding diaryl/α,β-unsaturated/α-hetero) is 1. The monoisotopic (exact) mass is 383 g/mol. The summed E-state index contributed by atoms with van der Waals surface area (Å²) in [5.74, 6) is 1.82. The van der Waals surface area contributed by atoms with Gasteiger partial charge in [0.1, 0.15) is 18.2 Å². The molecule has 1 fully saturated rings. The van der Waals surface area contributed by atoms with Crippen LogP contribution >= 0.6 is 11.3 Å². The molecule has 1 aromatic carbocycles. The molecule has 0 spiro atoms. The van der Waals surface area contributed by atoms with Crippen LogP contribution in [0, 0.1) is 6.92 Å². The van der Waals surface area contributed by atoms with Crippen LogP contribution in [-0.2, 0) is 11.3 Å². The van der Waals surface area contributed by atoms with Gasteiger partial charge in [-0.25, -0.2) is 0 Å². The summed E-state index contributed by atoms with van der Waals surface area (Å²) >= 11 is 1.59. The SMILES string of the molecule is Cc1cc2c(c3c1C(=O)/C(=C/c1cccs1)O3)CN(CC1CCCO1)CO2. The van der Waals surface area contributed by atoms with Crippen molar-refractivity contribution >= 4 is 23.2 Å².